The van der Waals surface area contributed by atoms with Crippen LogP contribution in [0.25, 0.3) is 5.57 Å². The van der Waals surface area contributed by atoms with E-state index < -0.39 is 0 Å². The second-order valence-electron chi connectivity index (χ2n) is 5.51. The fraction of sp³-hybridized carbons (Fsp3) is 0.286. The van der Waals surface area contributed by atoms with Gasteiger partial charge in [0.2, 0.25) is 0 Å². The van der Waals surface area contributed by atoms with Crippen molar-refractivity contribution in [1.82, 2.24) is 0 Å². The monoisotopic (exact) mass is 324 g/mol. The number of hydrogen-bond acceptors (Lipinski definition) is 3. The first-order valence-corrected chi connectivity index (χ1v) is 8.28. The van der Waals surface area contributed by atoms with Gasteiger partial charge in [0.05, 0.1) is 18.8 Å². The van der Waals surface area contributed by atoms with Gasteiger partial charge in [0, 0.05) is 12.7 Å². The number of unbranched alkanes of at least 4 members (excludes halogenated alkanes) is 1. The van der Waals surface area contributed by atoms with Gasteiger partial charge in [0.25, 0.3) is 0 Å². The molecule has 24 heavy (non-hydrogen) atoms. The highest BCUT2D eigenvalue weighted by molar-refractivity contribution is 6.02. The van der Waals surface area contributed by atoms with Gasteiger partial charge >= 0.3 is 5.97 Å². The molecule has 2 aromatic rings. The summed E-state index contributed by atoms with van der Waals surface area (Å²) >= 11 is 0. The van der Waals surface area contributed by atoms with Crippen LogP contribution in [0.2, 0.25) is 0 Å². The van der Waals surface area contributed by atoms with Gasteiger partial charge in [0.1, 0.15) is 0 Å². The first-order valence-electron chi connectivity index (χ1n) is 8.28. The number of rotatable bonds is 8. The van der Waals surface area contributed by atoms with Gasteiger partial charge < -0.3 is 9.47 Å². The van der Waals surface area contributed by atoms with Crippen molar-refractivity contribution >= 4 is 11.5 Å². The zero-order valence-electron chi connectivity index (χ0n) is 14.3. The standard InChI is InChI=1S/C21H24O3/c1-3-4-15-24-21(22)19(16-23-2)20(17-11-7-5-8-12-17)18-13-9-6-10-14-18/h5-14H,3-4,15-16H2,1-2H3. The van der Waals surface area contributed by atoms with Crippen molar-refractivity contribution in [3.63, 3.8) is 0 Å². The summed E-state index contributed by atoms with van der Waals surface area (Å²) in [6.45, 7) is 2.71. The van der Waals surface area contributed by atoms with Gasteiger partial charge in [-0.1, -0.05) is 74.0 Å². The Hall–Kier alpha value is -2.39. The maximum absolute atomic E-state index is 12.6. The number of benzene rings is 2. The Balaban J connectivity index is 2.50. The summed E-state index contributed by atoms with van der Waals surface area (Å²) < 4.78 is 10.7. The Morgan fingerprint density at radius 3 is 1.92 bits per heavy atom. The molecule has 0 saturated carbocycles. The van der Waals surface area contributed by atoms with Crippen LogP contribution in [0.15, 0.2) is 66.2 Å². The van der Waals surface area contributed by atoms with Crippen LogP contribution in [0.1, 0.15) is 30.9 Å². The minimum atomic E-state index is -0.312. The van der Waals surface area contributed by atoms with Crippen molar-refractivity contribution < 1.29 is 14.3 Å². The van der Waals surface area contributed by atoms with Gasteiger partial charge in [-0.05, 0) is 17.5 Å². The molecule has 2 rings (SSSR count). The molecule has 0 aromatic heterocycles. The van der Waals surface area contributed by atoms with E-state index in [9.17, 15) is 4.79 Å². The molecule has 3 heteroatoms. The van der Waals surface area contributed by atoms with Crippen molar-refractivity contribution in [2.24, 2.45) is 0 Å². The molecule has 0 bridgehead atoms. The Labute approximate surface area is 143 Å². The fourth-order valence-corrected chi connectivity index (χ4v) is 2.50. The lowest BCUT2D eigenvalue weighted by Gasteiger charge is -2.15. The molecule has 0 spiro atoms. The second-order valence-corrected chi connectivity index (χ2v) is 5.51. The highest BCUT2D eigenvalue weighted by atomic mass is 16.5. The Morgan fingerprint density at radius 1 is 0.917 bits per heavy atom. The van der Waals surface area contributed by atoms with Gasteiger partial charge in [-0.3, -0.25) is 0 Å². The number of ether oxygens (including phenoxy) is 2. The third-order valence-corrected chi connectivity index (χ3v) is 3.69. The lowest BCUT2D eigenvalue weighted by atomic mass is 9.93. The lowest BCUT2D eigenvalue weighted by molar-refractivity contribution is -0.139. The van der Waals surface area contributed by atoms with E-state index >= 15 is 0 Å². The third kappa shape index (κ3) is 4.80. The van der Waals surface area contributed by atoms with Gasteiger partial charge in [0.15, 0.2) is 0 Å². The molecular formula is C21H24O3. The van der Waals surface area contributed by atoms with Crippen LogP contribution in [0.4, 0.5) is 0 Å². The Kier molecular flexibility index (Phi) is 7.24. The van der Waals surface area contributed by atoms with E-state index in [2.05, 4.69) is 6.92 Å². The molecule has 0 N–H and O–H groups in total. The largest absolute Gasteiger partial charge is 0.462 e. The Morgan fingerprint density at radius 2 is 1.46 bits per heavy atom. The summed E-state index contributed by atoms with van der Waals surface area (Å²) in [5.74, 6) is -0.312. The highest BCUT2D eigenvalue weighted by Crippen LogP contribution is 2.27. The first kappa shape index (κ1) is 18.0. The van der Waals surface area contributed by atoms with E-state index in [0.717, 1.165) is 29.5 Å². The summed E-state index contributed by atoms with van der Waals surface area (Å²) in [5, 5.41) is 0. The maximum Gasteiger partial charge on any atom is 0.337 e. The minimum Gasteiger partial charge on any atom is -0.462 e. The van der Waals surface area contributed by atoms with Crippen molar-refractivity contribution in [3.8, 4) is 0 Å². The zero-order valence-corrected chi connectivity index (χ0v) is 14.3. The van der Waals surface area contributed by atoms with Gasteiger partial charge in [-0.15, -0.1) is 0 Å². The molecule has 0 saturated heterocycles. The molecule has 0 amide bonds. The number of methoxy groups -OCH3 is 1. The molecule has 0 unspecified atom stereocenters. The molecule has 0 atom stereocenters. The molecule has 2 aromatic carbocycles. The number of hydrogen-bond donors (Lipinski definition) is 0. The van der Waals surface area contributed by atoms with E-state index in [1.807, 2.05) is 60.7 Å². The highest BCUT2D eigenvalue weighted by Gasteiger charge is 2.19. The number of carbonyl (C=O) groups excluding carboxylic acids is 1. The third-order valence-electron chi connectivity index (χ3n) is 3.69. The van der Waals surface area contributed by atoms with E-state index in [1.165, 1.54) is 0 Å². The molecule has 0 radical (unpaired) electrons. The molecule has 0 aliphatic carbocycles. The topological polar surface area (TPSA) is 35.5 Å². The van der Waals surface area contributed by atoms with Crippen LogP contribution in [0, 0.1) is 0 Å². The summed E-state index contributed by atoms with van der Waals surface area (Å²) in [5.41, 5.74) is 3.36. The van der Waals surface area contributed by atoms with Gasteiger partial charge in [-0.25, -0.2) is 4.79 Å². The number of carbonyl (C=O) groups is 1. The van der Waals surface area contributed by atoms with Crippen molar-refractivity contribution in [2.45, 2.75) is 19.8 Å². The smallest absolute Gasteiger partial charge is 0.337 e. The van der Waals surface area contributed by atoms with Gasteiger partial charge in [-0.2, -0.15) is 0 Å². The van der Waals surface area contributed by atoms with E-state index in [-0.39, 0.29) is 12.6 Å². The van der Waals surface area contributed by atoms with Crippen molar-refractivity contribution in [2.75, 3.05) is 20.3 Å². The Bertz CT molecular complexity index is 618. The molecular weight excluding hydrogens is 300 g/mol. The average molecular weight is 324 g/mol. The molecule has 0 fully saturated rings. The lowest BCUT2D eigenvalue weighted by Crippen LogP contribution is -2.15. The SMILES string of the molecule is CCCCOC(=O)C(COC)=C(c1ccccc1)c1ccccc1. The molecule has 126 valence electrons. The molecule has 0 aliphatic heterocycles. The summed E-state index contributed by atoms with van der Waals surface area (Å²) in [6, 6.07) is 19.8. The maximum atomic E-state index is 12.6. The van der Waals surface area contributed by atoms with E-state index in [0.29, 0.717) is 12.2 Å². The van der Waals surface area contributed by atoms with Crippen LogP contribution in [-0.4, -0.2) is 26.3 Å². The fourth-order valence-electron chi connectivity index (χ4n) is 2.50. The molecule has 0 aliphatic rings. The van der Waals surface area contributed by atoms with E-state index in [4.69, 9.17) is 9.47 Å². The summed E-state index contributed by atoms with van der Waals surface area (Å²) in [6.07, 6.45) is 1.85. The van der Waals surface area contributed by atoms with Crippen molar-refractivity contribution in [1.29, 1.82) is 0 Å². The van der Waals surface area contributed by atoms with Crippen LogP contribution in [-0.2, 0) is 14.3 Å². The predicted octanol–water partition coefficient (Wildman–Crippen LogP) is 4.48. The minimum absolute atomic E-state index is 0.212. The summed E-state index contributed by atoms with van der Waals surface area (Å²) in [7, 11) is 1.59. The normalized spacial score (nSPS) is 10.2. The van der Waals surface area contributed by atoms with Crippen molar-refractivity contribution in [3.05, 3.63) is 77.4 Å². The van der Waals surface area contributed by atoms with Crippen LogP contribution in [0.3, 0.4) is 0 Å². The zero-order chi connectivity index (χ0) is 17.2. The quantitative estimate of drug-likeness (QED) is 0.408. The van der Waals surface area contributed by atoms with E-state index in [1.54, 1.807) is 7.11 Å². The molecule has 3 nitrogen and oxygen atoms in total. The van der Waals surface area contributed by atoms with Crippen LogP contribution in [0.5, 0.6) is 0 Å². The number of esters is 1. The summed E-state index contributed by atoms with van der Waals surface area (Å²) in [4.78, 5) is 12.6. The van der Waals surface area contributed by atoms with Crippen LogP contribution < -0.4 is 0 Å². The average Bonchev–Trinajstić information content (AvgIpc) is 2.63. The first-order chi connectivity index (χ1) is 11.8. The van der Waals surface area contributed by atoms with Crippen LogP contribution >= 0.6 is 0 Å². The predicted molar refractivity (Wildman–Crippen MR) is 96.6 cm³/mol. The second kappa shape index (κ2) is 9.68. The molecule has 0 heterocycles.